The molecule has 4 aromatic rings. The maximum absolute atomic E-state index is 13.8. The first-order chi connectivity index (χ1) is 20.2. The van der Waals surface area contributed by atoms with E-state index in [2.05, 4.69) is 31.7 Å². The van der Waals surface area contributed by atoms with Gasteiger partial charge in [0.15, 0.2) is 11.6 Å². The molecule has 1 aliphatic heterocycles. The number of H-pyrrole nitrogens is 1. The number of nitrogens with one attached hydrogen (secondary N) is 1. The Morgan fingerprint density at radius 1 is 1.05 bits per heavy atom. The summed E-state index contributed by atoms with van der Waals surface area (Å²) in [7, 11) is 0. The second-order valence-electron chi connectivity index (χ2n) is 10.8. The van der Waals surface area contributed by atoms with Crippen molar-refractivity contribution in [1.29, 1.82) is 0 Å². The number of nitrogens with zero attached hydrogens (tertiary/aromatic N) is 7. The zero-order valence-electron chi connectivity index (χ0n) is 22.6. The van der Waals surface area contributed by atoms with Gasteiger partial charge in [0, 0.05) is 41.8 Å². The highest BCUT2D eigenvalue weighted by Crippen LogP contribution is 2.44. The molecule has 11 heteroatoms. The number of ketones is 1. The number of tetrazole rings is 1. The van der Waals surface area contributed by atoms with Crippen LogP contribution in [0.15, 0.2) is 48.2 Å². The Bertz CT molecular complexity index is 1620. The molecule has 0 unspecified atom stereocenters. The van der Waals surface area contributed by atoms with E-state index in [9.17, 15) is 9.59 Å². The zero-order chi connectivity index (χ0) is 27.8. The van der Waals surface area contributed by atoms with Crippen molar-refractivity contribution in [2.24, 2.45) is 0 Å². The van der Waals surface area contributed by atoms with Crippen LogP contribution in [0.25, 0.3) is 23.3 Å². The van der Waals surface area contributed by atoms with Crippen LogP contribution < -0.4 is 4.74 Å². The number of carbonyl (C=O) groups is 2. The van der Waals surface area contributed by atoms with Crippen molar-refractivity contribution < 1.29 is 14.3 Å². The molecule has 11 nitrogen and oxygen atoms in total. The minimum atomic E-state index is 0.00478. The third-order valence-corrected chi connectivity index (χ3v) is 7.98. The quantitative estimate of drug-likeness (QED) is 0.404. The monoisotopic (exact) mass is 550 g/mol. The molecule has 1 amide bonds. The smallest absolute Gasteiger partial charge is 0.249 e. The van der Waals surface area contributed by atoms with Crippen LogP contribution in [0, 0.1) is 0 Å². The molecule has 7 rings (SSSR count). The highest BCUT2D eigenvalue weighted by Gasteiger charge is 2.34. The van der Waals surface area contributed by atoms with Crippen LogP contribution >= 0.6 is 0 Å². The maximum atomic E-state index is 13.8. The van der Waals surface area contributed by atoms with E-state index in [1.165, 1.54) is 0 Å². The summed E-state index contributed by atoms with van der Waals surface area (Å²) in [5.41, 5.74) is 5.29. The first-order valence-electron chi connectivity index (χ1n) is 14.2. The van der Waals surface area contributed by atoms with Crippen LogP contribution in [-0.2, 0) is 11.2 Å². The van der Waals surface area contributed by atoms with Gasteiger partial charge in [0.05, 0.1) is 23.5 Å². The number of fused-ring (bicyclic) bond motifs is 2. The number of Topliss-reactive ketones (excluding diaryl/α,β-unsaturated/α-hetero) is 1. The van der Waals surface area contributed by atoms with Gasteiger partial charge < -0.3 is 9.64 Å². The van der Waals surface area contributed by atoms with Gasteiger partial charge in [-0.05, 0) is 80.1 Å². The molecule has 1 saturated carbocycles. The number of rotatable bonds is 4. The van der Waals surface area contributed by atoms with Crippen molar-refractivity contribution in [3.8, 4) is 23.0 Å². The lowest BCUT2D eigenvalue weighted by molar-refractivity contribution is -0.127. The fraction of sp³-hybridized carbons (Fsp3) is 0.367. The van der Waals surface area contributed by atoms with Crippen molar-refractivity contribution in [3.05, 3.63) is 70.7 Å². The maximum Gasteiger partial charge on any atom is 0.249 e. The van der Waals surface area contributed by atoms with Gasteiger partial charge in [0.1, 0.15) is 12.4 Å². The second-order valence-corrected chi connectivity index (χ2v) is 10.8. The summed E-state index contributed by atoms with van der Waals surface area (Å²) in [5.74, 6) is 2.22. The Balaban J connectivity index is 1.12. The number of ether oxygens (including phenoxy) is 1. The Labute approximate surface area is 236 Å². The molecule has 0 atom stereocenters. The summed E-state index contributed by atoms with van der Waals surface area (Å²) in [5, 5.41) is 19.0. The average Bonchev–Trinajstić information content (AvgIpc) is 3.56. The Kier molecular flexibility index (Phi) is 6.62. The molecule has 0 saturated heterocycles. The van der Waals surface area contributed by atoms with Crippen molar-refractivity contribution in [2.75, 3.05) is 19.7 Å². The van der Waals surface area contributed by atoms with E-state index in [0.717, 1.165) is 54.0 Å². The van der Waals surface area contributed by atoms with Gasteiger partial charge in [-0.3, -0.25) is 9.59 Å². The molecule has 0 bridgehead atoms. The number of hydrogen-bond acceptors (Lipinski definition) is 8. The molecular weight excluding hydrogens is 520 g/mol. The largest absolute Gasteiger partial charge is 0.491 e. The fourth-order valence-corrected chi connectivity index (χ4v) is 5.68. The summed E-state index contributed by atoms with van der Waals surface area (Å²) in [4.78, 5) is 33.3. The van der Waals surface area contributed by atoms with E-state index < -0.39 is 0 Å². The van der Waals surface area contributed by atoms with Crippen LogP contribution in [0.3, 0.4) is 0 Å². The van der Waals surface area contributed by atoms with Crippen LogP contribution in [-0.4, -0.2) is 71.7 Å². The fourth-order valence-electron chi connectivity index (χ4n) is 5.68. The zero-order valence-corrected chi connectivity index (χ0v) is 22.6. The molecule has 208 valence electrons. The standard InChI is InChI=1S/C30H30N8O3/c39-25-5-2-4-14-37(15-16-41-26-12-10-20(17-23(25)26)29-32-35-36-33-29)30(40)21-9-11-24-22(18-21)28(19-7-8-19)34-38(24)27-6-1-3-13-31-27/h1,3,6,10,12-13,17-19H,2,4-5,7-9,11,14-16H2,(H,32,33,35,36). The van der Waals surface area contributed by atoms with E-state index in [1.54, 1.807) is 18.3 Å². The Morgan fingerprint density at radius 3 is 2.78 bits per heavy atom. The number of amides is 1. The van der Waals surface area contributed by atoms with Crippen LogP contribution in [0.5, 0.6) is 5.75 Å². The second kappa shape index (κ2) is 10.7. The average molecular weight is 551 g/mol. The van der Waals surface area contributed by atoms with Crippen LogP contribution in [0.1, 0.15) is 71.8 Å². The molecular formula is C30H30N8O3. The molecule has 1 fully saturated rings. The van der Waals surface area contributed by atoms with Crippen molar-refractivity contribution >= 4 is 17.8 Å². The topological polar surface area (TPSA) is 132 Å². The summed E-state index contributed by atoms with van der Waals surface area (Å²) in [6, 6.07) is 11.2. The number of carbonyl (C=O) groups excluding carboxylic acids is 2. The third-order valence-electron chi connectivity index (χ3n) is 7.98. The SMILES string of the molecule is O=C1CCCCN(C(=O)C2=Cc3c(C4CC4)nn(-c4ccccn4)c3CC2)CCOc2ccc(-c3nn[nH]n3)cc21. The molecule has 4 heterocycles. The van der Waals surface area contributed by atoms with Crippen molar-refractivity contribution in [3.63, 3.8) is 0 Å². The van der Waals surface area contributed by atoms with Gasteiger partial charge >= 0.3 is 0 Å². The lowest BCUT2D eigenvalue weighted by Gasteiger charge is -2.25. The predicted molar refractivity (Wildman–Crippen MR) is 150 cm³/mol. The number of aromatic nitrogens is 7. The Hall–Kier alpha value is -4.67. The van der Waals surface area contributed by atoms with E-state index >= 15 is 0 Å². The summed E-state index contributed by atoms with van der Waals surface area (Å²) < 4.78 is 8.04. The summed E-state index contributed by atoms with van der Waals surface area (Å²) >= 11 is 0. The summed E-state index contributed by atoms with van der Waals surface area (Å²) in [6.07, 6.45) is 9.27. The van der Waals surface area contributed by atoms with Gasteiger partial charge in [-0.25, -0.2) is 9.67 Å². The highest BCUT2D eigenvalue weighted by atomic mass is 16.5. The minimum absolute atomic E-state index is 0.00478. The molecule has 41 heavy (non-hydrogen) atoms. The van der Waals surface area contributed by atoms with E-state index in [0.29, 0.717) is 61.0 Å². The predicted octanol–water partition coefficient (Wildman–Crippen LogP) is 3.93. The third kappa shape index (κ3) is 5.03. The van der Waals surface area contributed by atoms with E-state index in [-0.39, 0.29) is 18.3 Å². The first-order valence-corrected chi connectivity index (χ1v) is 14.2. The molecule has 3 aromatic heterocycles. The number of hydrogen-bond donors (Lipinski definition) is 1. The van der Waals surface area contributed by atoms with Gasteiger partial charge in [-0.2, -0.15) is 10.3 Å². The molecule has 2 aliphatic carbocycles. The van der Waals surface area contributed by atoms with Crippen molar-refractivity contribution in [1.82, 2.24) is 40.3 Å². The first kappa shape index (κ1) is 25.3. The molecule has 0 spiro atoms. The normalized spacial score (nSPS) is 17.6. The number of benzene rings is 1. The molecule has 1 aromatic carbocycles. The minimum Gasteiger partial charge on any atom is -0.491 e. The van der Waals surface area contributed by atoms with Gasteiger partial charge in [0.2, 0.25) is 11.7 Å². The van der Waals surface area contributed by atoms with Gasteiger partial charge in [-0.15, -0.1) is 10.2 Å². The van der Waals surface area contributed by atoms with E-state index in [1.807, 2.05) is 33.8 Å². The summed E-state index contributed by atoms with van der Waals surface area (Å²) in [6.45, 7) is 1.30. The van der Waals surface area contributed by atoms with Crippen LogP contribution in [0.2, 0.25) is 0 Å². The van der Waals surface area contributed by atoms with Crippen molar-refractivity contribution in [2.45, 2.75) is 50.9 Å². The number of aromatic amines is 1. The highest BCUT2D eigenvalue weighted by molar-refractivity contribution is 6.00. The van der Waals surface area contributed by atoms with Gasteiger partial charge in [-0.1, -0.05) is 6.07 Å². The molecule has 1 N–H and O–H groups in total. The lowest BCUT2D eigenvalue weighted by Crippen LogP contribution is -2.37. The van der Waals surface area contributed by atoms with E-state index in [4.69, 9.17) is 9.84 Å². The lowest BCUT2D eigenvalue weighted by atomic mass is 9.93. The van der Waals surface area contributed by atoms with Gasteiger partial charge in [0.25, 0.3) is 0 Å². The number of pyridine rings is 1. The van der Waals surface area contributed by atoms with Crippen LogP contribution in [0.4, 0.5) is 0 Å². The molecule has 3 aliphatic rings. The molecule has 0 radical (unpaired) electrons. The Morgan fingerprint density at radius 2 is 1.98 bits per heavy atom.